The van der Waals surface area contributed by atoms with Gasteiger partial charge in [0.1, 0.15) is 0 Å². The molecule has 1 heterocycles. The molecular weight excluding hydrogens is 248 g/mol. The summed E-state index contributed by atoms with van der Waals surface area (Å²) in [5.74, 6) is 1.20. The van der Waals surface area contributed by atoms with E-state index in [1.54, 1.807) is 0 Å². The number of piperidine rings is 1. The summed E-state index contributed by atoms with van der Waals surface area (Å²) in [5.41, 5.74) is 3.80. The van der Waals surface area contributed by atoms with E-state index >= 15 is 0 Å². The lowest BCUT2D eigenvalue weighted by Gasteiger charge is -2.34. The number of benzene rings is 1. The zero-order chi connectivity index (χ0) is 14.1. The number of hydrogen-bond acceptors (Lipinski definition) is 1. The van der Waals surface area contributed by atoms with Crippen molar-refractivity contribution in [2.24, 2.45) is 11.8 Å². The highest BCUT2D eigenvalue weighted by atomic mass is 16.2. The Bertz CT molecular complexity index is 502. The molecule has 20 heavy (non-hydrogen) atoms. The summed E-state index contributed by atoms with van der Waals surface area (Å²) in [7, 11) is 0. The number of rotatable bonds is 1. The fourth-order valence-corrected chi connectivity index (χ4v) is 3.68. The van der Waals surface area contributed by atoms with Crippen molar-refractivity contribution in [1.82, 2.24) is 4.90 Å². The predicted molar refractivity (Wildman–Crippen MR) is 82.0 cm³/mol. The Morgan fingerprint density at radius 2 is 1.85 bits per heavy atom. The molecule has 1 aromatic rings. The molecule has 1 fully saturated rings. The number of hydrogen-bond donors (Lipinski definition) is 1. The number of fused-ring (bicyclic) bond motifs is 1. The molecule has 108 valence electrons. The van der Waals surface area contributed by atoms with Crippen molar-refractivity contribution in [2.75, 3.05) is 18.4 Å². The molecule has 3 nitrogen and oxygen atoms in total. The van der Waals surface area contributed by atoms with Crippen LogP contribution in [0.1, 0.15) is 37.8 Å². The van der Waals surface area contributed by atoms with Crippen LogP contribution in [-0.2, 0) is 12.8 Å². The van der Waals surface area contributed by atoms with Crippen LogP contribution in [0.15, 0.2) is 18.2 Å². The molecule has 1 aliphatic carbocycles. The lowest BCUT2D eigenvalue weighted by Crippen LogP contribution is -2.44. The van der Waals surface area contributed by atoms with E-state index in [-0.39, 0.29) is 6.03 Å². The van der Waals surface area contributed by atoms with Gasteiger partial charge in [-0.15, -0.1) is 0 Å². The minimum Gasteiger partial charge on any atom is -0.324 e. The molecule has 0 saturated carbocycles. The summed E-state index contributed by atoms with van der Waals surface area (Å²) >= 11 is 0. The maximum Gasteiger partial charge on any atom is 0.321 e. The molecule has 3 rings (SSSR count). The molecule has 0 unspecified atom stereocenters. The zero-order valence-corrected chi connectivity index (χ0v) is 12.5. The molecule has 3 heteroatoms. The average molecular weight is 272 g/mol. The fourth-order valence-electron chi connectivity index (χ4n) is 3.68. The van der Waals surface area contributed by atoms with E-state index in [9.17, 15) is 4.79 Å². The second-order valence-electron chi connectivity index (χ2n) is 6.62. The topological polar surface area (TPSA) is 32.3 Å². The molecule has 2 atom stereocenters. The van der Waals surface area contributed by atoms with Gasteiger partial charge in [-0.3, -0.25) is 0 Å². The molecule has 1 N–H and O–H groups in total. The van der Waals surface area contributed by atoms with Gasteiger partial charge in [0.2, 0.25) is 0 Å². The van der Waals surface area contributed by atoms with Crippen LogP contribution in [0.3, 0.4) is 0 Å². The molecular formula is C17H24N2O. The molecule has 1 aliphatic heterocycles. The quantitative estimate of drug-likeness (QED) is 0.831. The van der Waals surface area contributed by atoms with E-state index in [2.05, 4.69) is 31.3 Å². The Balaban J connectivity index is 1.66. The third kappa shape index (κ3) is 2.82. The van der Waals surface area contributed by atoms with E-state index in [0.717, 1.165) is 25.2 Å². The number of aryl methyl sites for hydroxylation is 2. The van der Waals surface area contributed by atoms with Crippen molar-refractivity contribution >= 4 is 11.7 Å². The second-order valence-corrected chi connectivity index (χ2v) is 6.62. The van der Waals surface area contributed by atoms with E-state index in [0.29, 0.717) is 11.8 Å². The standard InChI is InChI=1S/C17H24N2O/c1-12-8-13(2)11-19(10-12)17(20)18-16-7-6-14-4-3-5-15(14)9-16/h6-7,9,12-13H,3-5,8,10-11H2,1-2H3,(H,18,20)/t12-,13-/m1/s1. The third-order valence-electron chi connectivity index (χ3n) is 4.51. The van der Waals surface area contributed by atoms with Gasteiger partial charge in [0, 0.05) is 18.8 Å². The molecule has 1 aromatic carbocycles. The highest BCUT2D eigenvalue weighted by Gasteiger charge is 2.25. The zero-order valence-electron chi connectivity index (χ0n) is 12.5. The normalized spacial score (nSPS) is 25.4. The van der Waals surface area contributed by atoms with Crippen LogP contribution < -0.4 is 5.32 Å². The van der Waals surface area contributed by atoms with E-state index in [1.165, 1.54) is 30.4 Å². The van der Waals surface area contributed by atoms with Crippen molar-refractivity contribution in [2.45, 2.75) is 39.5 Å². The van der Waals surface area contributed by atoms with Gasteiger partial charge in [-0.05, 0) is 60.8 Å². The number of carbonyl (C=O) groups is 1. The summed E-state index contributed by atoms with van der Waals surface area (Å²) < 4.78 is 0. The Kier molecular flexibility index (Phi) is 3.68. The number of nitrogens with zero attached hydrogens (tertiary/aromatic N) is 1. The van der Waals surface area contributed by atoms with Crippen LogP contribution >= 0.6 is 0 Å². The number of urea groups is 1. The minimum atomic E-state index is 0.0568. The Hall–Kier alpha value is -1.51. The fraction of sp³-hybridized carbons (Fsp3) is 0.588. The van der Waals surface area contributed by atoms with Gasteiger partial charge in [0.25, 0.3) is 0 Å². The van der Waals surface area contributed by atoms with Crippen LogP contribution in [0.25, 0.3) is 0 Å². The SMILES string of the molecule is C[C@@H]1C[C@@H](C)CN(C(=O)Nc2ccc3c(c2)CCC3)C1. The first-order valence-electron chi connectivity index (χ1n) is 7.79. The number of carbonyl (C=O) groups excluding carboxylic acids is 1. The second kappa shape index (κ2) is 5.47. The smallest absolute Gasteiger partial charge is 0.321 e. The van der Waals surface area contributed by atoms with Gasteiger partial charge in [-0.25, -0.2) is 4.79 Å². The van der Waals surface area contributed by atoms with Gasteiger partial charge in [-0.1, -0.05) is 19.9 Å². The highest BCUT2D eigenvalue weighted by molar-refractivity contribution is 5.89. The number of anilines is 1. The summed E-state index contributed by atoms with van der Waals surface area (Å²) in [6.45, 7) is 6.21. The van der Waals surface area contributed by atoms with Crippen molar-refractivity contribution in [1.29, 1.82) is 0 Å². The molecule has 1 saturated heterocycles. The number of amides is 2. The van der Waals surface area contributed by atoms with Crippen LogP contribution in [0, 0.1) is 11.8 Å². The first-order valence-corrected chi connectivity index (χ1v) is 7.79. The summed E-state index contributed by atoms with van der Waals surface area (Å²) in [6.07, 6.45) is 4.80. The molecule has 0 spiro atoms. The van der Waals surface area contributed by atoms with Gasteiger partial charge in [0.05, 0.1) is 0 Å². The summed E-state index contributed by atoms with van der Waals surface area (Å²) in [5, 5.41) is 3.07. The largest absolute Gasteiger partial charge is 0.324 e. The number of nitrogens with one attached hydrogen (secondary N) is 1. The average Bonchev–Trinajstić information content (AvgIpc) is 2.85. The van der Waals surface area contributed by atoms with Gasteiger partial charge >= 0.3 is 6.03 Å². The first-order chi connectivity index (χ1) is 9.61. The maximum atomic E-state index is 12.4. The Labute approximate surface area is 121 Å². The molecule has 2 aliphatic rings. The van der Waals surface area contributed by atoms with E-state index in [4.69, 9.17) is 0 Å². The Morgan fingerprint density at radius 3 is 2.60 bits per heavy atom. The number of likely N-dealkylation sites (tertiary alicyclic amines) is 1. The van der Waals surface area contributed by atoms with Gasteiger partial charge < -0.3 is 10.2 Å². The van der Waals surface area contributed by atoms with E-state index in [1.807, 2.05) is 11.0 Å². The predicted octanol–water partition coefficient (Wildman–Crippen LogP) is 3.69. The Morgan fingerprint density at radius 1 is 1.15 bits per heavy atom. The van der Waals surface area contributed by atoms with E-state index < -0.39 is 0 Å². The van der Waals surface area contributed by atoms with Crippen LogP contribution in [-0.4, -0.2) is 24.0 Å². The summed E-state index contributed by atoms with van der Waals surface area (Å²) in [4.78, 5) is 14.3. The van der Waals surface area contributed by atoms with Crippen LogP contribution in [0.5, 0.6) is 0 Å². The van der Waals surface area contributed by atoms with Crippen LogP contribution in [0.4, 0.5) is 10.5 Å². The lowest BCUT2D eigenvalue weighted by atomic mass is 9.92. The van der Waals surface area contributed by atoms with Crippen molar-refractivity contribution < 1.29 is 4.79 Å². The van der Waals surface area contributed by atoms with Gasteiger partial charge in [0.15, 0.2) is 0 Å². The first kappa shape index (κ1) is 13.5. The molecule has 2 amide bonds. The van der Waals surface area contributed by atoms with Crippen molar-refractivity contribution in [3.05, 3.63) is 29.3 Å². The minimum absolute atomic E-state index is 0.0568. The highest BCUT2D eigenvalue weighted by Crippen LogP contribution is 2.26. The molecule has 0 aromatic heterocycles. The summed E-state index contributed by atoms with van der Waals surface area (Å²) in [6, 6.07) is 6.41. The lowest BCUT2D eigenvalue weighted by molar-refractivity contribution is 0.156. The maximum absolute atomic E-state index is 12.4. The monoisotopic (exact) mass is 272 g/mol. The third-order valence-corrected chi connectivity index (χ3v) is 4.51. The molecule has 0 radical (unpaired) electrons. The van der Waals surface area contributed by atoms with Crippen LogP contribution in [0.2, 0.25) is 0 Å². The van der Waals surface area contributed by atoms with Crippen molar-refractivity contribution in [3.8, 4) is 0 Å². The van der Waals surface area contributed by atoms with Gasteiger partial charge in [-0.2, -0.15) is 0 Å². The van der Waals surface area contributed by atoms with Crippen molar-refractivity contribution in [3.63, 3.8) is 0 Å². The molecule has 0 bridgehead atoms.